The highest BCUT2D eigenvalue weighted by Crippen LogP contribution is 2.13. The van der Waals surface area contributed by atoms with Crippen LogP contribution in [0.2, 0.25) is 0 Å². The molecular weight excluding hydrogens is 384 g/mol. The predicted molar refractivity (Wildman–Crippen MR) is 111 cm³/mol. The molecule has 2 aromatic heterocycles. The Morgan fingerprint density at radius 3 is 2.80 bits per heavy atom. The first kappa shape index (κ1) is 20.7. The Morgan fingerprint density at radius 1 is 1.27 bits per heavy atom. The van der Waals surface area contributed by atoms with Crippen molar-refractivity contribution in [1.29, 1.82) is 0 Å². The predicted octanol–water partition coefficient (Wildman–Crippen LogP) is 0.418. The zero-order valence-corrected chi connectivity index (χ0v) is 17.7. The molecule has 2 aromatic rings. The molecule has 0 radical (unpaired) electrons. The summed E-state index contributed by atoms with van der Waals surface area (Å²) in [6, 6.07) is 3.85. The number of fused-ring (bicyclic) bond motifs is 1. The van der Waals surface area contributed by atoms with Crippen molar-refractivity contribution >= 4 is 5.91 Å². The van der Waals surface area contributed by atoms with Crippen LogP contribution in [0.1, 0.15) is 38.1 Å². The summed E-state index contributed by atoms with van der Waals surface area (Å²) < 4.78 is 8.98. The van der Waals surface area contributed by atoms with Crippen LogP contribution in [-0.4, -0.2) is 68.0 Å². The van der Waals surface area contributed by atoms with Crippen LogP contribution in [0.5, 0.6) is 0 Å². The van der Waals surface area contributed by atoms with Crippen molar-refractivity contribution in [2.24, 2.45) is 0 Å². The van der Waals surface area contributed by atoms with E-state index in [-0.39, 0.29) is 29.8 Å². The Labute approximate surface area is 176 Å². The molecule has 1 saturated heterocycles. The lowest BCUT2D eigenvalue weighted by molar-refractivity contribution is -0.126. The Hall–Kier alpha value is -2.52. The molecule has 0 aromatic carbocycles. The first-order valence-corrected chi connectivity index (χ1v) is 10.7. The number of amides is 1. The van der Waals surface area contributed by atoms with Crippen molar-refractivity contribution < 1.29 is 9.53 Å². The number of nitrogens with one attached hydrogen (secondary N) is 1. The van der Waals surface area contributed by atoms with Crippen LogP contribution in [0.3, 0.4) is 0 Å². The van der Waals surface area contributed by atoms with Gasteiger partial charge in [0.05, 0.1) is 25.3 Å². The van der Waals surface area contributed by atoms with E-state index in [2.05, 4.69) is 20.3 Å². The minimum atomic E-state index is -0.0999. The number of nitrogens with zero attached hydrogens (tertiary/aromatic N) is 5. The van der Waals surface area contributed by atoms with E-state index in [1.807, 2.05) is 26.0 Å². The average Bonchev–Trinajstić information content (AvgIpc) is 2.85. The molecule has 30 heavy (non-hydrogen) atoms. The van der Waals surface area contributed by atoms with Gasteiger partial charge in [-0.2, -0.15) is 5.10 Å². The number of rotatable bonds is 5. The summed E-state index contributed by atoms with van der Waals surface area (Å²) in [4.78, 5) is 31.6. The van der Waals surface area contributed by atoms with Crippen molar-refractivity contribution in [3.63, 3.8) is 0 Å². The van der Waals surface area contributed by atoms with E-state index in [1.54, 1.807) is 17.0 Å². The van der Waals surface area contributed by atoms with E-state index in [0.29, 0.717) is 26.1 Å². The van der Waals surface area contributed by atoms with Gasteiger partial charge in [-0.3, -0.25) is 19.2 Å². The molecule has 2 aliphatic heterocycles. The third-order valence-corrected chi connectivity index (χ3v) is 5.70. The van der Waals surface area contributed by atoms with Crippen LogP contribution in [0.25, 0.3) is 0 Å². The molecule has 0 aliphatic carbocycles. The van der Waals surface area contributed by atoms with Crippen LogP contribution in [-0.2, 0) is 29.0 Å². The molecule has 1 unspecified atom stereocenters. The molecule has 9 nitrogen and oxygen atoms in total. The first-order valence-electron chi connectivity index (χ1n) is 10.7. The summed E-state index contributed by atoms with van der Waals surface area (Å²) in [5.41, 5.74) is 0.849. The fourth-order valence-corrected chi connectivity index (χ4v) is 4.43. The van der Waals surface area contributed by atoms with Crippen molar-refractivity contribution in [2.75, 3.05) is 19.6 Å². The quantitative estimate of drug-likeness (QED) is 0.762. The Bertz CT molecular complexity index is 915. The monoisotopic (exact) mass is 414 g/mol. The summed E-state index contributed by atoms with van der Waals surface area (Å²) in [7, 11) is 0. The van der Waals surface area contributed by atoms with E-state index >= 15 is 0 Å². The van der Waals surface area contributed by atoms with Crippen LogP contribution in [0.4, 0.5) is 0 Å². The van der Waals surface area contributed by atoms with Gasteiger partial charge < -0.3 is 10.1 Å². The summed E-state index contributed by atoms with van der Waals surface area (Å²) >= 11 is 0. The number of ether oxygens (including phenoxy) is 1. The maximum Gasteiger partial charge on any atom is 0.346 e. The van der Waals surface area contributed by atoms with Gasteiger partial charge in [-0.05, 0) is 38.3 Å². The van der Waals surface area contributed by atoms with E-state index in [9.17, 15) is 9.59 Å². The SMILES string of the molecule is C[C@@H]1CN(CC(=O)NC2CCc3nn(Cc4cccnc4)c(=O)n3CC2)C[C@H](C)O1. The fourth-order valence-electron chi connectivity index (χ4n) is 4.43. The molecule has 0 spiro atoms. The van der Waals surface area contributed by atoms with Gasteiger partial charge in [0.2, 0.25) is 5.91 Å². The minimum Gasteiger partial charge on any atom is -0.373 e. The molecule has 3 atom stereocenters. The number of morpholine rings is 1. The number of carbonyl (C=O) groups excluding carboxylic acids is 1. The summed E-state index contributed by atoms with van der Waals surface area (Å²) in [5.74, 6) is 0.825. The largest absolute Gasteiger partial charge is 0.373 e. The molecular formula is C21H30N6O3. The number of carbonyl (C=O) groups is 1. The minimum absolute atomic E-state index is 0.0369. The number of hydrogen-bond donors (Lipinski definition) is 1. The lowest BCUT2D eigenvalue weighted by atomic mass is 10.1. The van der Waals surface area contributed by atoms with Crippen LogP contribution >= 0.6 is 0 Å². The fraction of sp³-hybridized carbons (Fsp3) is 0.619. The van der Waals surface area contributed by atoms with Gasteiger partial charge in [-0.1, -0.05) is 6.07 Å². The second-order valence-electron chi connectivity index (χ2n) is 8.41. The number of aryl methyl sites for hydroxylation is 1. The number of aromatic nitrogens is 4. The van der Waals surface area contributed by atoms with Crippen molar-refractivity contribution in [3.05, 3.63) is 46.4 Å². The first-order chi connectivity index (χ1) is 14.5. The van der Waals surface area contributed by atoms with Crippen LogP contribution in [0, 0.1) is 0 Å². The normalized spacial score (nSPS) is 24.8. The lowest BCUT2D eigenvalue weighted by Gasteiger charge is -2.35. The van der Waals surface area contributed by atoms with Gasteiger partial charge in [0.1, 0.15) is 5.82 Å². The molecule has 1 amide bonds. The van der Waals surface area contributed by atoms with Crippen molar-refractivity contribution in [1.82, 2.24) is 29.5 Å². The molecule has 0 bridgehead atoms. The lowest BCUT2D eigenvalue weighted by Crippen LogP contribution is -2.50. The molecule has 9 heteroatoms. The average molecular weight is 415 g/mol. The highest BCUT2D eigenvalue weighted by Gasteiger charge is 2.26. The van der Waals surface area contributed by atoms with Crippen LogP contribution in [0.15, 0.2) is 29.3 Å². The van der Waals surface area contributed by atoms with Crippen molar-refractivity contribution in [2.45, 2.75) is 64.4 Å². The molecule has 0 saturated carbocycles. The number of hydrogen-bond acceptors (Lipinski definition) is 6. The summed E-state index contributed by atoms with van der Waals surface area (Å²) in [5, 5.41) is 7.69. The summed E-state index contributed by atoms with van der Waals surface area (Å²) in [6.07, 6.45) is 5.93. The standard InChI is InChI=1S/C21H30N6O3/c1-15-11-25(12-16(2)30-15)14-20(28)23-18-5-6-19-24-27(21(29)26(19)9-7-18)13-17-4-3-8-22-10-17/h3-4,8,10,15-16,18H,5-7,9,11-14H2,1-2H3,(H,23,28)/t15-,16+,18?. The van der Waals surface area contributed by atoms with Crippen molar-refractivity contribution in [3.8, 4) is 0 Å². The van der Waals surface area contributed by atoms with Gasteiger partial charge in [-0.25, -0.2) is 9.48 Å². The van der Waals surface area contributed by atoms with E-state index in [0.717, 1.165) is 37.3 Å². The number of pyridine rings is 1. The van der Waals surface area contributed by atoms with E-state index < -0.39 is 0 Å². The Morgan fingerprint density at radius 2 is 2.07 bits per heavy atom. The topological polar surface area (TPSA) is 94.3 Å². The third-order valence-electron chi connectivity index (χ3n) is 5.70. The zero-order chi connectivity index (χ0) is 21.1. The molecule has 2 aliphatic rings. The van der Waals surface area contributed by atoms with Gasteiger partial charge in [-0.15, -0.1) is 0 Å². The zero-order valence-electron chi connectivity index (χ0n) is 17.7. The molecule has 162 valence electrons. The Kier molecular flexibility index (Phi) is 6.29. The third kappa shape index (κ3) is 4.96. The Balaban J connectivity index is 1.32. The second-order valence-corrected chi connectivity index (χ2v) is 8.41. The van der Waals surface area contributed by atoms with Gasteiger partial charge in [0.15, 0.2) is 0 Å². The van der Waals surface area contributed by atoms with E-state index in [4.69, 9.17) is 4.74 Å². The molecule has 1 N–H and O–H groups in total. The van der Waals surface area contributed by atoms with Crippen LogP contribution < -0.4 is 11.0 Å². The maximum absolute atomic E-state index is 12.8. The maximum atomic E-state index is 12.8. The summed E-state index contributed by atoms with van der Waals surface area (Å²) in [6.45, 7) is 6.99. The van der Waals surface area contributed by atoms with Gasteiger partial charge in [0, 0.05) is 44.5 Å². The smallest absolute Gasteiger partial charge is 0.346 e. The van der Waals surface area contributed by atoms with E-state index in [1.165, 1.54) is 4.68 Å². The molecule has 4 rings (SSSR count). The molecule has 1 fully saturated rings. The molecule has 4 heterocycles. The van der Waals surface area contributed by atoms with Gasteiger partial charge in [0.25, 0.3) is 0 Å². The highest BCUT2D eigenvalue weighted by atomic mass is 16.5. The second kappa shape index (κ2) is 9.09. The van der Waals surface area contributed by atoms with Gasteiger partial charge >= 0.3 is 5.69 Å². The highest BCUT2D eigenvalue weighted by molar-refractivity contribution is 5.78.